The molecular weight excluding hydrogens is 424 g/mol. The van der Waals surface area contributed by atoms with Crippen LogP contribution in [0.25, 0.3) is 0 Å². The molecule has 0 aliphatic carbocycles. The van der Waals surface area contributed by atoms with E-state index < -0.39 is 5.92 Å². The Labute approximate surface area is 191 Å². The van der Waals surface area contributed by atoms with E-state index in [0.717, 1.165) is 16.0 Å². The number of fused-ring (bicyclic) bond motifs is 1. The summed E-state index contributed by atoms with van der Waals surface area (Å²) in [5, 5.41) is 5.06. The predicted molar refractivity (Wildman–Crippen MR) is 125 cm³/mol. The monoisotopic (exact) mass is 450 g/mol. The van der Waals surface area contributed by atoms with Gasteiger partial charge < -0.3 is 19.7 Å². The van der Waals surface area contributed by atoms with Crippen LogP contribution in [-0.2, 0) is 11.2 Å². The zero-order chi connectivity index (χ0) is 22.7. The Hall–Kier alpha value is -3.32. The SMILES string of the molecule is COc1ccc(CCNC(=O)[C@@H]2c3ccccc3C(=O)N(C)[C@@H]2c2cccs2)cc1OC. The number of thiophene rings is 1. The van der Waals surface area contributed by atoms with Crippen LogP contribution in [0.5, 0.6) is 11.5 Å². The number of nitrogens with one attached hydrogen (secondary N) is 1. The van der Waals surface area contributed by atoms with Gasteiger partial charge in [-0.2, -0.15) is 0 Å². The molecule has 0 unspecified atom stereocenters. The number of nitrogens with zero attached hydrogens (tertiary/aromatic N) is 1. The highest BCUT2D eigenvalue weighted by molar-refractivity contribution is 7.10. The third kappa shape index (κ3) is 4.08. The molecule has 3 aromatic rings. The van der Waals surface area contributed by atoms with Gasteiger partial charge in [-0.25, -0.2) is 0 Å². The summed E-state index contributed by atoms with van der Waals surface area (Å²) < 4.78 is 10.7. The number of carbonyl (C=O) groups excluding carboxylic acids is 2. The van der Waals surface area contributed by atoms with Gasteiger partial charge in [0.15, 0.2) is 11.5 Å². The maximum Gasteiger partial charge on any atom is 0.254 e. The molecule has 4 rings (SSSR count). The van der Waals surface area contributed by atoms with E-state index >= 15 is 0 Å². The third-order valence-electron chi connectivity index (χ3n) is 5.86. The van der Waals surface area contributed by atoms with Crippen molar-refractivity contribution in [3.63, 3.8) is 0 Å². The van der Waals surface area contributed by atoms with Gasteiger partial charge in [0.2, 0.25) is 5.91 Å². The van der Waals surface area contributed by atoms with Gasteiger partial charge in [0.25, 0.3) is 5.91 Å². The van der Waals surface area contributed by atoms with Crippen molar-refractivity contribution in [2.75, 3.05) is 27.8 Å². The molecule has 0 saturated heterocycles. The Morgan fingerprint density at radius 2 is 1.84 bits per heavy atom. The number of rotatable bonds is 7. The topological polar surface area (TPSA) is 67.9 Å². The summed E-state index contributed by atoms with van der Waals surface area (Å²) in [6, 6.07) is 16.7. The quantitative estimate of drug-likeness (QED) is 0.590. The van der Waals surface area contributed by atoms with Crippen LogP contribution in [0, 0.1) is 0 Å². The van der Waals surface area contributed by atoms with E-state index in [9.17, 15) is 9.59 Å². The number of hydrogen-bond donors (Lipinski definition) is 1. The number of carbonyl (C=O) groups is 2. The number of likely N-dealkylation sites (N-methyl/N-ethyl adjacent to an activating group) is 1. The van der Waals surface area contributed by atoms with E-state index in [1.54, 1.807) is 43.6 Å². The molecule has 2 amide bonds. The molecule has 1 aliphatic heterocycles. The largest absolute Gasteiger partial charge is 0.493 e. The number of hydrogen-bond acceptors (Lipinski definition) is 5. The van der Waals surface area contributed by atoms with Crippen LogP contribution in [-0.4, -0.2) is 44.5 Å². The first-order valence-corrected chi connectivity index (χ1v) is 11.3. The van der Waals surface area contributed by atoms with E-state index in [1.807, 2.05) is 53.9 Å². The summed E-state index contributed by atoms with van der Waals surface area (Å²) >= 11 is 1.56. The maximum absolute atomic E-state index is 13.4. The summed E-state index contributed by atoms with van der Waals surface area (Å²) in [6.07, 6.45) is 0.652. The molecule has 0 bridgehead atoms. The lowest BCUT2D eigenvalue weighted by molar-refractivity contribution is -0.124. The Morgan fingerprint density at radius 3 is 2.56 bits per heavy atom. The van der Waals surface area contributed by atoms with Gasteiger partial charge in [0.05, 0.1) is 26.2 Å². The van der Waals surface area contributed by atoms with Crippen molar-refractivity contribution in [2.45, 2.75) is 18.4 Å². The minimum atomic E-state index is -0.474. The van der Waals surface area contributed by atoms with Gasteiger partial charge >= 0.3 is 0 Å². The Kier molecular flexibility index (Phi) is 6.46. The zero-order valence-corrected chi connectivity index (χ0v) is 19.1. The van der Waals surface area contributed by atoms with Crippen molar-refractivity contribution in [1.82, 2.24) is 10.2 Å². The van der Waals surface area contributed by atoms with Gasteiger partial charge in [-0.1, -0.05) is 30.3 Å². The van der Waals surface area contributed by atoms with Crippen LogP contribution in [0.3, 0.4) is 0 Å². The predicted octanol–water partition coefficient (Wildman–Crippen LogP) is 4.03. The van der Waals surface area contributed by atoms with Gasteiger partial charge in [-0.05, 0) is 47.2 Å². The van der Waals surface area contributed by atoms with Crippen LogP contribution in [0.1, 0.15) is 38.3 Å². The fourth-order valence-electron chi connectivity index (χ4n) is 4.25. The molecule has 2 atom stereocenters. The zero-order valence-electron chi connectivity index (χ0n) is 18.3. The summed E-state index contributed by atoms with van der Waals surface area (Å²) in [5.41, 5.74) is 2.40. The van der Waals surface area contributed by atoms with Crippen LogP contribution in [0.2, 0.25) is 0 Å². The van der Waals surface area contributed by atoms with Crippen molar-refractivity contribution in [1.29, 1.82) is 0 Å². The highest BCUT2D eigenvalue weighted by Gasteiger charge is 2.42. The number of benzene rings is 2. The second-order valence-electron chi connectivity index (χ2n) is 7.67. The first-order valence-electron chi connectivity index (χ1n) is 10.4. The molecule has 166 valence electrons. The Balaban J connectivity index is 1.55. The standard InChI is InChI=1S/C25H26N2O4S/c1-27-23(21-9-6-14-32-21)22(17-7-4-5-8-18(17)25(27)29)24(28)26-13-12-16-10-11-19(30-2)20(15-16)31-3/h4-11,14-15,22-23H,12-13H2,1-3H3,(H,26,28)/t22-,23-/m1/s1. The van der Waals surface area contributed by atoms with E-state index in [0.29, 0.717) is 30.0 Å². The molecule has 2 aromatic carbocycles. The molecule has 0 saturated carbocycles. The van der Waals surface area contributed by atoms with Gasteiger partial charge in [-0.15, -0.1) is 11.3 Å². The molecule has 1 N–H and O–H groups in total. The number of amides is 2. The fraction of sp³-hybridized carbons (Fsp3) is 0.280. The number of methoxy groups -OCH3 is 2. The average molecular weight is 451 g/mol. The lowest BCUT2D eigenvalue weighted by atomic mass is 9.81. The van der Waals surface area contributed by atoms with Crippen LogP contribution < -0.4 is 14.8 Å². The van der Waals surface area contributed by atoms with Crippen molar-refractivity contribution < 1.29 is 19.1 Å². The Bertz CT molecular complexity index is 1110. The smallest absolute Gasteiger partial charge is 0.254 e. The molecule has 1 aliphatic rings. The summed E-state index contributed by atoms with van der Waals surface area (Å²) in [4.78, 5) is 29.1. The van der Waals surface area contributed by atoms with E-state index in [1.165, 1.54) is 0 Å². The minimum absolute atomic E-state index is 0.0617. The lowest BCUT2D eigenvalue weighted by Crippen LogP contribution is -2.45. The first-order chi connectivity index (χ1) is 15.5. The van der Waals surface area contributed by atoms with Gasteiger partial charge in [0, 0.05) is 24.0 Å². The van der Waals surface area contributed by atoms with Crippen LogP contribution >= 0.6 is 11.3 Å². The molecule has 0 fully saturated rings. The van der Waals surface area contributed by atoms with Crippen molar-refractivity contribution in [3.05, 3.63) is 81.5 Å². The molecule has 6 nitrogen and oxygen atoms in total. The molecule has 7 heteroatoms. The highest BCUT2D eigenvalue weighted by atomic mass is 32.1. The third-order valence-corrected chi connectivity index (χ3v) is 6.80. The molecule has 32 heavy (non-hydrogen) atoms. The van der Waals surface area contributed by atoms with Gasteiger partial charge in [-0.3, -0.25) is 9.59 Å². The molecule has 1 aromatic heterocycles. The lowest BCUT2D eigenvalue weighted by Gasteiger charge is -2.39. The normalized spacial score (nSPS) is 17.6. The summed E-state index contributed by atoms with van der Waals surface area (Å²) in [6.45, 7) is 0.474. The van der Waals surface area contributed by atoms with Crippen molar-refractivity contribution >= 4 is 23.2 Å². The molecule has 0 radical (unpaired) electrons. The summed E-state index contributed by atoms with van der Waals surface area (Å²) in [5.74, 6) is 0.711. The average Bonchev–Trinajstić information content (AvgIpc) is 3.35. The van der Waals surface area contributed by atoms with Crippen LogP contribution in [0.4, 0.5) is 0 Å². The van der Waals surface area contributed by atoms with E-state index in [4.69, 9.17) is 9.47 Å². The van der Waals surface area contributed by atoms with Gasteiger partial charge in [0.1, 0.15) is 0 Å². The fourth-order valence-corrected chi connectivity index (χ4v) is 5.15. The second kappa shape index (κ2) is 9.44. The molecular formula is C25H26N2O4S. The van der Waals surface area contributed by atoms with Crippen molar-refractivity contribution in [3.8, 4) is 11.5 Å². The summed E-state index contributed by atoms with van der Waals surface area (Å²) in [7, 11) is 4.98. The molecule has 2 heterocycles. The number of ether oxygens (including phenoxy) is 2. The minimum Gasteiger partial charge on any atom is -0.493 e. The second-order valence-corrected chi connectivity index (χ2v) is 8.65. The highest BCUT2D eigenvalue weighted by Crippen LogP contribution is 2.43. The Morgan fingerprint density at radius 1 is 1.06 bits per heavy atom. The van der Waals surface area contributed by atoms with Crippen LogP contribution in [0.15, 0.2) is 60.0 Å². The first kappa shape index (κ1) is 21.9. The van der Waals surface area contributed by atoms with Crippen molar-refractivity contribution in [2.24, 2.45) is 0 Å². The van der Waals surface area contributed by atoms with E-state index in [-0.39, 0.29) is 17.9 Å². The van der Waals surface area contributed by atoms with E-state index in [2.05, 4.69) is 5.32 Å². The maximum atomic E-state index is 13.4. The molecule has 0 spiro atoms.